The van der Waals surface area contributed by atoms with Crippen molar-refractivity contribution in [1.82, 2.24) is 0 Å². The zero-order valence-corrected chi connectivity index (χ0v) is 8.87. The van der Waals surface area contributed by atoms with Gasteiger partial charge in [0.15, 0.2) is 0 Å². The van der Waals surface area contributed by atoms with Crippen molar-refractivity contribution in [1.29, 1.82) is 0 Å². The van der Waals surface area contributed by atoms with Gasteiger partial charge in [0.05, 0.1) is 15.6 Å². The van der Waals surface area contributed by atoms with E-state index >= 15 is 0 Å². The summed E-state index contributed by atoms with van der Waals surface area (Å²) in [7, 11) is 0. The number of amides is 1. The highest BCUT2D eigenvalue weighted by molar-refractivity contribution is 9.10. The molecule has 0 aliphatic rings. The van der Waals surface area contributed by atoms with Gasteiger partial charge in [0, 0.05) is 4.47 Å². The molecule has 0 fully saturated rings. The molecule has 0 aliphatic heterocycles. The highest BCUT2D eigenvalue weighted by atomic mass is 79.9. The molecular formula is C7H4BrCl2NO. The number of halogens is 3. The Morgan fingerprint density at radius 3 is 2.42 bits per heavy atom. The van der Waals surface area contributed by atoms with Gasteiger partial charge in [-0.2, -0.15) is 0 Å². The van der Waals surface area contributed by atoms with Crippen LogP contribution in [0.4, 0.5) is 0 Å². The van der Waals surface area contributed by atoms with Gasteiger partial charge in [-0.15, -0.1) is 0 Å². The molecule has 1 amide bonds. The third kappa shape index (κ3) is 1.91. The van der Waals surface area contributed by atoms with E-state index in [1.165, 1.54) is 12.1 Å². The first-order valence-corrected chi connectivity index (χ1v) is 4.51. The predicted octanol–water partition coefficient (Wildman–Crippen LogP) is 2.85. The van der Waals surface area contributed by atoms with Crippen LogP contribution in [0.3, 0.4) is 0 Å². The number of nitrogens with two attached hydrogens (primary N) is 1. The summed E-state index contributed by atoms with van der Waals surface area (Å²) >= 11 is 14.5. The van der Waals surface area contributed by atoms with Crippen molar-refractivity contribution in [2.75, 3.05) is 0 Å². The Labute approximate surface area is 87.8 Å². The summed E-state index contributed by atoms with van der Waals surface area (Å²) in [5.41, 5.74) is 5.30. The summed E-state index contributed by atoms with van der Waals surface area (Å²) in [4.78, 5) is 10.8. The second-order valence-corrected chi connectivity index (χ2v) is 3.78. The lowest BCUT2D eigenvalue weighted by atomic mass is 10.2. The van der Waals surface area contributed by atoms with Crippen molar-refractivity contribution in [3.05, 3.63) is 32.2 Å². The average Bonchev–Trinajstić information content (AvgIpc) is 1.96. The van der Waals surface area contributed by atoms with E-state index in [1.54, 1.807) is 0 Å². The topological polar surface area (TPSA) is 43.1 Å². The summed E-state index contributed by atoms with van der Waals surface area (Å²) in [6.07, 6.45) is 0. The molecule has 64 valence electrons. The standard InChI is InChI=1S/C7H4BrCl2NO/c8-4-1-3(7(11)12)5(9)2-6(4)10/h1-2H,(H2,11,12). The molecule has 0 saturated carbocycles. The fourth-order valence-electron chi connectivity index (χ4n) is 0.711. The van der Waals surface area contributed by atoms with Gasteiger partial charge in [-0.25, -0.2) is 0 Å². The Morgan fingerprint density at radius 1 is 1.33 bits per heavy atom. The molecule has 12 heavy (non-hydrogen) atoms. The maximum atomic E-state index is 10.8. The third-order valence-electron chi connectivity index (χ3n) is 1.28. The van der Waals surface area contributed by atoms with Crippen molar-refractivity contribution in [3.63, 3.8) is 0 Å². The first-order valence-electron chi connectivity index (χ1n) is 2.96. The molecule has 2 nitrogen and oxygen atoms in total. The van der Waals surface area contributed by atoms with E-state index in [9.17, 15) is 4.79 Å². The van der Waals surface area contributed by atoms with E-state index in [1.807, 2.05) is 0 Å². The molecule has 1 aromatic carbocycles. The highest BCUT2D eigenvalue weighted by Gasteiger charge is 2.09. The number of carbonyl (C=O) groups excluding carboxylic acids is 1. The van der Waals surface area contributed by atoms with Gasteiger partial charge in [-0.05, 0) is 28.1 Å². The van der Waals surface area contributed by atoms with Gasteiger partial charge in [0.2, 0.25) is 5.91 Å². The molecule has 0 aromatic heterocycles. The molecule has 1 aromatic rings. The van der Waals surface area contributed by atoms with Crippen LogP contribution in [0.15, 0.2) is 16.6 Å². The zero-order valence-electron chi connectivity index (χ0n) is 5.77. The quantitative estimate of drug-likeness (QED) is 0.782. The van der Waals surface area contributed by atoms with Crippen LogP contribution in [0.1, 0.15) is 10.4 Å². The monoisotopic (exact) mass is 267 g/mol. The van der Waals surface area contributed by atoms with E-state index in [0.717, 1.165) is 0 Å². The lowest BCUT2D eigenvalue weighted by molar-refractivity contribution is 0.100. The highest BCUT2D eigenvalue weighted by Crippen LogP contribution is 2.28. The zero-order chi connectivity index (χ0) is 9.30. The molecule has 1 rings (SSSR count). The average molecular weight is 269 g/mol. The molecule has 0 saturated heterocycles. The molecule has 0 unspecified atom stereocenters. The minimum Gasteiger partial charge on any atom is -0.366 e. The van der Waals surface area contributed by atoms with E-state index in [4.69, 9.17) is 28.9 Å². The van der Waals surface area contributed by atoms with Gasteiger partial charge in [-0.3, -0.25) is 4.79 Å². The van der Waals surface area contributed by atoms with Crippen LogP contribution in [0.2, 0.25) is 10.0 Å². The molecule has 0 heterocycles. The van der Waals surface area contributed by atoms with Crippen LogP contribution in [0, 0.1) is 0 Å². The number of primary amides is 1. The molecule has 5 heteroatoms. The Balaban J connectivity index is 3.33. The van der Waals surface area contributed by atoms with Crippen molar-refractivity contribution >= 4 is 45.0 Å². The molecule has 0 atom stereocenters. The van der Waals surface area contributed by atoms with Crippen molar-refractivity contribution in [3.8, 4) is 0 Å². The molecule has 0 aliphatic carbocycles. The predicted molar refractivity (Wildman–Crippen MR) is 52.7 cm³/mol. The van der Waals surface area contributed by atoms with Crippen molar-refractivity contribution in [2.45, 2.75) is 0 Å². The van der Waals surface area contributed by atoms with E-state index in [-0.39, 0.29) is 10.6 Å². The molecule has 0 spiro atoms. The minimum absolute atomic E-state index is 0.257. The fraction of sp³-hybridized carbons (Fsp3) is 0. The van der Waals surface area contributed by atoms with Crippen molar-refractivity contribution in [2.24, 2.45) is 5.73 Å². The lowest BCUT2D eigenvalue weighted by Crippen LogP contribution is -2.11. The van der Waals surface area contributed by atoms with Gasteiger partial charge in [0.25, 0.3) is 0 Å². The van der Waals surface area contributed by atoms with Gasteiger partial charge >= 0.3 is 0 Å². The third-order valence-corrected chi connectivity index (χ3v) is 2.79. The number of benzene rings is 1. The van der Waals surface area contributed by atoms with Gasteiger partial charge in [0.1, 0.15) is 0 Å². The molecular weight excluding hydrogens is 265 g/mol. The summed E-state index contributed by atoms with van der Waals surface area (Å²) in [6.45, 7) is 0. The summed E-state index contributed by atoms with van der Waals surface area (Å²) in [5, 5.41) is 0.709. The van der Waals surface area contributed by atoms with Crippen LogP contribution in [-0.2, 0) is 0 Å². The molecule has 0 bridgehead atoms. The Morgan fingerprint density at radius 2 is 1.92 bits per heavy atom. The van der Waals surface area contributed by atoms with Crippen LogP contribution in [0.25, 0.3) is 0 Å². The normalized spacial score (nSPS) is 9.92. The first kappa shape index (κ1) is 9.84. The maximum absolute atomic E-state index is 10.8. The second-order valence-electron chi connectivity index (χ2n) is 2.11. The van der Waals surface area contributed by atoms with Crippen LogP contribution < -0.4 is 5.73 Å². The Bertz CT molecular complexity index is 340. The number of hydrogen-bond acceptors (Lipinski definition) is 1. The van der Waals surface area contributed by atoms with E-state index in [0.29, 0.717) is 9.50 Å². The summed E-state index contributed by atoms with van der Waals surface area (Å²) in [6, 6.07) is 2.96. The maximum Gasteiger partial charge on any atom is 0.250 e. The van der Waals surface area contributed by atoms with Gasteiger partial charge < -0.3 is 5.73 Å². The lowest BCUT2D eigenvalue weighted by Gasteiger charge is -2.01. The molecule has 0 radical (unpaired) electrons. The van der Waals surface area contributed by atoms with Crippen LogP contribution in [-0.4, -0.2) is 5.91 Å². The minimum atomic E-state index is -0.572. The first-order chi connectivity index (χ1) is 5.52. The van der Waals surface area contributed by atoms with E-state index in [2.05, 4.69) is 15.9 Å². The van der Waals surface area contributed by atoms with Crippen LogP contribution in [0.5, 0.6) is 0 Å². The number of rotatable bonds is 1. The summed E-state index contributed by atoms with van der Waals surface area (Å²) in [5.74, 6) is -0.572. The summed E-state index contributed by atoms with van der Waals surface area (Å²) < 4.78 is 0.599. The largest absolute Gasteiger partial charge is 0.366 e. The van der Waals surface area contributed by atoms with Crippen molar-refractivity contribution < 1.29 is 4.79 Å². The second kappa shape index (κ2) is 3.64. The Hall–Kier alpha value is -0.250. The fourth-order valence-corrected chi connectivity index (χ4v) is 1.53. The van der Waals surface area contributed by atoms with Crippen LogP contribution >= 0.6 is 39.1 Å². The van der Waals surface area contributed by atoms with Gasteiger partial charge in [-0.1, -0.05) is 23.2 Å². The van der Waals surface area contributed by atoms with E-state index < -0.39 is 5.91 Å². The smallest absolute Gasteiger partial charge is 0.250 e. The Kier molecular flexibility index (Phi) is 2.99. The number of hydrogen-bond donors (Lipinski definition) is 1. The molecule has 2 N–H and O–H groups in total. The number of carbonyl (C=O) groups is 1. The SMILES string of the molecule is NC(=O)c1cc(Br)c(Cl)cc1Cl.